The van der Waals surface area contributed by atoms with Gasteiger partial charge in [0.05, 0.1) is 10.6 Å². The molecule has 1 saturated heterocycles. The molecule has 2 heterocycles. The fraction of sp³-hybridized carbons (Fsp3) is 0.0833. The van der Waals surface area contributed by atoms with Crippen LogP contribution < -0.4 is 15.0 Å². The molecule has 0 spiro atoms. The number of ether oxygens (including phenoxy) is 1. The molecule has 0 unspecified atom stereocenters. The predicted molar refractivity (Wildman–Crippen MR) is 136 cm³/mol. The van der Waals surface area contributed by atoms with Crippen molar-refractivity contribution < 1.29 is 19.2 Å². The topological polar surface area (TPSA) is 134 Å². The van der Waals surface area contributed by atoms with Crippen LogP contribution in [0.3, 0.4) is 0 Å². The van der Waals surface area contributed by atoms with E-state index in [-0.39, 0.29) is 27.6 Å². The van der Waals surface area contributed by atoms with E-state index in [4.69, 9.17) is 17.0 Å². The third kappa shape index (κ3) is 5.13. The average molecular weight is 505 g/mol. The Morgan fingerprint density at radius 2 is 1.78 bits per heavy atom. The van der Waals surface area contributed by atoms with Crippen molar-refractivity contribution in [1.29, 1.82) is 0 Å². The standard InChI is InChI=1S/C24H20N6O5S/c1-28(2)14-15(21-20(30(33)34)13-25-27-21)12-19-22(31)26-24(36)29(23(19)32)16-8-10-18(11-9-16)35-17-6-4-3-5-7-17/h3-14H,1-2H3,(H,25,27)(H,26,31,36). The molecule has 1 aliphatic heterocycles. The van der Waals surface area contributed by atoms with Gasteiger partial charge in [-0.15, -0.1) is 0 Å². The van der Waals surface area contributed by atoms with Crippen LogP contribution in [0.1, 0.15) is 5.69 Å². The molecule has 12 heteroatoms. The van der Waals surface area contributed by atoms with E-state index in [1.165, 1.54) is 17.2 Å². The second kappa shape index (κ2) is 10.2. The van der Waals surface area contributed by atoms with Crippen molar-refractivity contribution in [3.8, 4) is 11.5 Å². The van der Waals surface area contributed by atoms with Crippen molar-refractivity contribution in [1.82, 2.24) is 20.4 Å². The first-order valence-electron chi connectivity index (χ1n) is 10.6. The van der Waals surface area contributed by atoms with Crippen molar-refractivity contribution in [3.05, 3.63) is 94.5 Å². The predicted octanol–water partition coefficient (Wildman–Crippen LogP) is 3.39. The number of H-pyrrole nitrogens is 1. The number of aromatic amines is 1. The summed E-state index contributed by atoms with van der Waals surface area (Å²) < 4.78 is 5.78. The zero-order valence-electron chi connectivity index (χ0n) is 19.2. The Morgan fingerprint density at radius 1 is 1.11 bits per heavy atom. The number of amides is 2. The molecule has 4 rings (SSSR count). The third-order valence-electron chi connectivity index (χ3n) is 4.98. The van der Waals surface area contributed by atoms with Crippen LogP contribution in [-0.2, 0) is 9.59 Å². The molecule has 0 atom stereocenters. The van der Waals surface area contributed by atoms with E-state index in [1.807, 2.05) is 30.3 Å². The Kier molecular flexibility index (Phi) is 6.88. The smallest absolute Gasteiger partial charge is 0.314 e. The molecule has 2 aromatic carbocycles. The van der Waals surface area contributed by atoms with Crippen LogP contribution in [0.4, 0.5) is 11.4 Å². The van der Waals surface area contributed by atoms with Gasteiger partial charge in [-0.1, -0.05) is 18.2 Å². The lowest BCUT2D eigenvalue weighted by Gasteiger charge is -2.29. The summed E-state index contributed by atoms with van der Waals surface area (Å²) in [6.07, 6.45) is 3.85. The number of hydrogen-bond acceptors (Lipinski definition) is 8. The molecule has 1 aromatic heterocycles. The molecule has 0 aliphatic carbocycles. The monoisotopic (exact) mass is 504 g/mol. The number of nitrogens with zero attached hydrogens (tertiary/aromatic N) is 4. The number of benzene rings is 2. The largest absolute Gasteiger partial charge is 0.457 e. The first kappa shape index (κ1) is 24.3. The SMILES string of the molecule is CN(C)C=C(C=C1C(=O)NC(=S)N(c2ccc(Oc3ccccc3)cc2)C1=O)c1[nH]ncc1[N+](=O)[O-]. The molecular weight excluding hydrogens is 484 g/mol. The number of thiocarbonyl (C=S) groups is 1. The lowest BCUT2D eigenvalue weighted by Crippen LogP contribution is -2.54. The molecular formula is C24H20N6O5S. The van der Waals surface area contributed by atoms with Crippen LogP contribution in [-0.4, -0.2) is 51.0 Å². The molecule has 2 amide bonds. The minimum atomic E-state index is -0.725. The number of nitrogens with one attached hydrogen (secondary N) is 2. The van der Waals surface area contributed by atoms with E-state index in [0.717, 1.165) is 6.20 Å². The van der Waals surface area contributed by atoms with Crippen molar-refractivity contribution in [3.63, 3.8) is 0 Å². The highest BCUT2D eigenvalue weighted by Gasteiger charge is 2.35. The number of hydrogen-bond donors (Lipinski definition) is 2. The zero-order chi connectivity index (χ0) is 25.8. The number of allylic oxidation sites excluding steroid dienone is 2. The summed E-state index contributed by atoms with van der Waals surface area (Å²) in [5, 5.41) is 20.1. The summed E-state index contributed by atoms with van der Waals surface area (Å²) in [7, 11) is 3.40. The molecule has 11 nitrogen and oxygen atoms in total. The second-order valence-electron chi connectivity index (χ2n) is 7.80. The van der Waals surface area contributed by atoms with Gasteiger partial charge in [0, 0.05) is 25.9 Å². The van der Waals surface area contributed by atoms with E-state index >= 15 is 0 Å². The first-order chi connectivity index (χ1) is 17.2. The van der Waals surface area contributed by atoms with Gasteiger partial charge >= 0.3 is 5.69 Å². The Morgan fingerprint density at radius 3 is 2.42 bits per heavy atom. The lowest BCUT2D eigenvalue weighted by atomic mass is 10.0. The highest BCUT2D eigenvalue weighted by molar-refractivity contribution is 7.80. The molecule has 182 valence electrons. The summed E-state index contributed by atoms with van der Waals surface area (Å²) in [6.45, 7) is 0. The van der Waals surface area contributed by atoms with Gasteiger partial charge < -0.3 is 9.64 Å². The van der Waals surface area contributed by atoms with Gasteiger partial charge in [0.25, 0.3) is 11.8 Å². The summed E-state index contributed by atoms with van der Waals surface area (Å²) in [5.41, 5.74) is 0.100. The number of rotatable bonds is 7. The van der Waals surface area contributed by atoms with Gasteiger partial charge in [-0.2, -0.15) is 5.10 Å². The van der Waals surface area contributed by atoms with Gasteiger partial charge in [-0.25, -0.2) is 0 Å². The first-order valence-corrected chi connectivity index (χ1v) is 11.0. The summed E-state index contributed by atoms with van der Waals surface area (Å²) in [5.74, 6) is -0.215. The highest BCUT2D eigenvalue weighted by atomic mass is 32.1. The molecule has 0 saturated carbocycles. The quantitative estimate of drug-likeness (QED) is 0.164. The van der Waals surface area contributed by atoms with Crippen molar-refractivity contribution in [2.75, 3.05) is 19.0 Å². The van der Waals surface area contributed by atoms with Crippen molar-refractivity contribution in [2.45, 2.75) is 0 Å². The van der Waals surface area contributed by atoms with Gasteiger partial charge in [-0.3, -0.25) is 35.0 Å². The molecule has 1 fully saturated rings. The van der Waals surface area contributed by atoms with Crippen LogP contribution in [0.2, 0.25) is 0 Å². The minimum Gasteiger partial charge on any atom is -0.457 e. The Labute approximate surface area is 210 Å². The van der Waals surface area contributed by atoms with Crippen molar-refractivity contribution >= 4 is 46.1 Å². The molecule has 2 N–H and O–H groups in total. The fourth-order valence-corrected chi connectivity index (χ4v) is 3.70. The minimum absolute atomic E-state index is 0.0453. The number of para-hydroxylation sites is 1. The maximum atomic E-state index is 13.4. The van der Waals surface area contributed by atoms with Crippen LogP contribution >= 0.6 is 12.2 Å². The molecule has 0 radical (unpaired) electrons. The van der Waals surface area contributed by atoms with Crippen LogP contribution in [0, 0.1) is 10.1 Å². The number of anilines is 1. The number of carbonyl (C=O) groups is 2. The molecule has 0 bridgehead atoms. The van der Waals surface area contributed by atoms with E-state index in [2.05, 4.69) is 15.5 Å². The fourth-order valence-electron chi connectivity index (χ4n) is 3.42. The second-order valence-corrected chi connectivity index (χ2v) is 8.19. The maximum absolute atomic E-state index is 13.4. The van der Waals surface area contributed by atoms with Crippen LogP contribution in [0.25, 0.3) is 5.57 Å². The van der Waals surface area contributed by atoms with E-state index in [0.29, 0.717) is 17.2 Å². The number of aromatic nitrogens is 2. The van der Waals surface area contributed by atoms with E-state index in [1.54, 1.807) is 43.3 Å². The van der Waals surface area contributed by atoms with Gasteiger partial charge in [0.1, 0.15) is 29.0 Å². The normalized spacial score (nSPS) is 15.2. The molecule has 3 aromatic rings. The van der Waals surface area contributed by atoms with Crippen LogP contribution in [0.5, 0.6) is 11.5 Å². The number of nitro groups is 1. The lowest BCUT2D eigenvalue weighted by molar-refractivity contribution is -0.385. The zero-order valence-corrected chi connectivity index (χ0v) is 20.0. The van der Waals surface area contributed by atoms with Crippen molar-refractivity contribution in [2.24, 2.45) is 0 Å². The highest BCUT2D eigenvalue weighted by Crippen LogP contribution is 2.29. The Balaban J connectivity index is 1.67. The van der Waals surface area contributed by atoms with Crippen LogP contribution in [0.15, 0.2) is 78.6 Å². The molecule has 36 heavy (non-hydrogen) atoms. The Bertz CT molecular complexity index is 1400. The summed E-state index contributed by atoms with van der Waals surface area (Å²) in [6, 6.07) is 15.8. The summed E-state index contributed by atoms with van der Waals surface area (Å²) in [4.78, 5) is 39.7. The van der Waals surface area contributed by atoms with E-state index in [9.17, 15) is 19.7 Å². The molecule has 1 aliphatic rings. The maximum Gasteiger partial charge on any atom is 0.314 e. The number of carbonyl (C=O) groups excluding carboxylic acids is 2. The van der Waals surface area contributed by atoms with Gasteiger partial charge in [0.15, 0.2) is 5.11 Å². The Hall–Kier alpha value is -4.84. The van der Waals surface area contributed by atoms with E-state index < -0.39 is 16.7 Å². The summed E-state index contributed by atoms with van der Waals surface area (Å²) >= 11 is 5.26. The van der Waals surface area contributed by atoms with Gasteiger partial charge in [0.2, 0.25) is 0 Å². The third-order valence-corrected chi connectivity index (χ3v) is 5.26. The van der Waals surface area contributed by atoms with Gasteiger partial charge in [-0.05, 0) is 54.7 Å². The average Bonchev–Trinajstić information content (AvgIpc) is 3.33.